The van der Waals surface area contributed by atoms with Crippen LogP contribution in [0.25, 0.3) is 0 Å². The van der Waals surface area contributed by atoms with Gasteiger partial charge in [0.05, 0.1) is 7.11 Å². The third-order valence-corrected chi connectivity index (χ3v) is 5.55. The molecule has 0 aliphatic rings. The third-order valence-electron chi connectivity index (χ3n) is 5.55. The van der Waals surface area contributed by atoms with Crippen LogP contribution in [0, 0.1) is 0 Å². The van der Waals surface area contributed by atoms with E-state index in [0.29, 0.717) is 12.0 Å². The topological polar surface area (TPSA) is 95.9 Å². The minimum atomic E-state index is -0.290. The number of phenols is 2. The SMILES string of the molecule is CCCCCCC(C/C=C\CCCCCCCC(=O)OC)NC(=O)c1ccc(O)c(O)c1. The molecule has 6 heteroatoms. The second-order valence-electron chi connectivity index (χ2n) is 8.31. The number of nitrogens with one attached hydrogen (secondary N) is 1. The van der Waals surface area contributed by atoms with E-state index in [9.17, 15) is 19.8 Å². The molecule has 180 valence electrons. The van der Waals surface area contributed by atoms with E-state index >= 15 is 0 Å². The molecule has 3 N–H and O–H groups in total. The first-order chi connectivity index (χ1) is 15.5. The molecule has 0 aromatic heterocycles. The average molecular weight is 448 g/mol. The maximum Gasteiger partial charge on any atom is 0.305 e. The van der Waals surface area contributed by atoms with Gasteiger partial charge in [0.1, 0.15) is 0 Å². The molecule has 0 fully saturated rings. The number of allylic oxidation sites excluding steroid dienone is 1. The fourth-order valence-corrected chi connectivity index (χ4v) is 3.54. The van der Waals surface area contributed by atoms with Crippen molar-refractivity contribution >= 4 is 11.9 Å². The van der Waals surface area contributed by atoms with E-state index in [-0.39, 0.29) is 29.4 Å². The molecule has 0 saturated heterocycles. The molecule has 0 aliphatic heterocycles. The van der Waals surface area contributed by atoms with Crippen molar-refractivity contribution < 1.29 is 24.5 Å². The first-order valence-corrected chi connectivity index (χ1v) is 12.0. The molecule has 0 aliphatic carbocycles. The van der Waals surface area contributed by atoms with Gasteiger partial charge >= 0.3 is 5.97 Å². The maximum atomic E-state index is 12.6. The molecule has 0 bridgehead atoms. The molecule has 0 spiro atoms. The minimum absolute atomic E-state index is 0.0462. The van der Waals surface area contributed by atoms with E-state index in [1.165, 1.54) is 38.2 Å². The van der Waals surface area contributed by atoms with Crippen LogP contribution >= 0.6 is 0 Å². The fourth-order valence-electron chi connectivity index (χ4n) is 3.54. The molecular formula is C26H41NO5. The zero-order valence-electron chi connectivity index (χ0n) is 19.8. The lowest BCUT2D eigenvalue weighted by Crippen LogP contribution is -2.34. The van der Waals surface area contributed by atoms with Crippen LogP contribution in [0.1, 0.15) is 101 Å². The zero-order chi connectivity index (χ0) is 23.6. The Morgan fingerprint density at radius 1 is 0.969 bits per heavy atom. The van der Waals surface area contributed by atoms with Gasteiger partial charge < -0.3 is 20.3 Å². The molecule has 0 saturated carbocycles. The highest BCUT2D eigenvalue weighted by atomic mass is 16.5. The highest BCUT2D eigenvalue weighted by Gasteiger charge is 2.14. The Labute approximate surface area is 193 Å². The summed E-state index contributed by atoms with van der Waals surface area (Å²) in [7, 11) is 1.42. The highest BCUT2D eigenvalue weighted by molar-refractivity contribution is 5.95. The number of benzene rings is 1. The monoisotopic (exact) mass is 447 g/mol. The first-order valence-electron chi connectivity index (χ1n) is 12.0. The minimum Gasteiger partial charge on any atom is -0.504 e. The number of hydrogen-bond donors (Lipinski definition) is 3. The number of unbranched alkanes of at least 4 members (excludes halogenated alkanes) is 8. The summed E-state index contributed by atoms with van der Waals surface area (Å²) < 4.78 is 4.64. The summed E-state index contributed by atoms with van der Waals surface area (Å²) in [6.45, 7) is 2.18. The summed E-state index contributed by atoms with van der Waals surface area (Å²) in [5.41, 5.74) is 0.343. The number of rotatable bonds is 17. The summed E-state index contributed by atoms with van der Waals surface area (Å²) in [6.07, 6.45) is 17.5. The summed E-state index contributed by atoms with van der Waals surface area (Å²) in [6, 6.07) is 4.18. The smallest absolute Gasteiger partial charge is 0.305 e. The van der Waals surface area contributed by atoms with E-state index < -0.39 is 0 Å². The lowest BCUT2D eigenvalue weighted by atomic mass is 10.0. The van der Waals surface area contributed by atoms with Gasteiger partial charge in [-0.25, -0.2) is 0 Å². The van der Waals surface area contributed by atoms with E-state index in [1.807, 2.05) is 0 Å². The molecule has 0 radical (unpaired) electrons. The van der Waals surface area contributed by atoms with Crippen LogP contribution in [0.5, 0.6) is 11.5 Å². The van der Waals surface area contributed by atoms with Crippen molar-refractivity contribution in [3.8, 4) is 11.5 Å². The van der Waals surface area contributed by atoms with Gasteiger partial charge in [0, 0.05) is 18.0 Å². The molecule has 1 atom stereocenters. The Morgan fingerprint density at radius 2 is 1.69 bits per heavy atom. The Morgan fingerprint density at radius 3 is 2.41 bits per heavy atom. The lowest BCUT2D eigenvalue weighted by molar-refractivity contribution is -0.140. The largest absolute Gasteiger partial charge is 0.504 e. The van der Waals surface area contributed by atoms with Gasteiger partial charge in [-0.3, -0.25) is 9.59 Å². The van der Waals surface area contributed by atoms with Crippen LogP contribution in [-0.4, -0.2) is 35.2 Å². The van der Waals surface area contributed by atoms with Gasteiger partial charge in [0.2, 0.25) is 0 Å². The Hall–Kier alpha value is -2.50. The predicted octanol–water partition coefficient (Wildman–Crippen LogP) is 6.02. The molecular weight excluding hydrogens is 406 g/mol. The van der Waals surface area contributed by atoms with Crippen molar-refractivity contribution in [3.63, 3.8) is 0 Å². The van der Waals surface area contributed by atoms with Gasteiger partial charge in [0.25, 0.3) is 5.91 Å². The van der Waals surface area contributed by atoms with Gasteiger partial charge in [-0.15, -0.1) is 0 Å². The van der Waals surface area contributed by atoms with Crippen molar-refractivity contribution in [2.45, 2.75) is 96.4 Å². The molecule has 1 aromatic rings. The second kappa shape index (κ2) is 17.1. The summed E-state index contributed by atoms with van der Waals surface area (Å²) in [5.74, 6) is -0.890. The molecule has 1 rings (SSSR count). The zero-order valence-corrected chi connectivity index (χ0v) is 19.8. The number of carbonyl (C=O) groups is 2. The van der Waals surface area contributed by atoms with Crippen molar-refractivity contribution in [1.29, 1.82) is 0 Å². The van der Waals surface area contributed by atoms with E-state index in [0.717, 1.165) is 64.2 Å². The standard InChI is InChI=1S/C26H41NO5/c1-3-4-5-12-15-22(27-26(31)21-18-19-23(28)24(29)20-21)16-13-10-8-6-7-9-11-14-17-25(30)32-2/h10,13,18-20,22,28-29H,3-9,11-12,14-17H2,1-2H3,(H,27,31)/b13-10-. The van der Waals surface area contributed by atoms with Crippen LogP contribution in [0.15, 0.2) is 30.4 Å². The van der Waals surface area contributed by atoms with E-state index in [2.05, 4.69) is 29.1 Å². The van der Waals surface area contributed by atoms with Crippen LogP contribution in [-0.2, 0) is 9.53 Å². The Balaban J connectivity index is 2.38. The second-order valence-corrected chi connectivity index (χ2v) is 8.31. The van der Waals surface area contributed by atoms with Crippen LogP contribution in [0.4, 0.5) is 0 Å². The lowest BCUT2D eigenvalue weighted by Gasteiger charge is -2.17. The van der Waals surface area contributed by atoms with Gasteiger partial charge in [0.15, 0.2) is 11.5 Å². The van der Waals surface area contributed by atoms with E-state index in [1.54, 1.807) is 0 Å². The number of carbonyl (C=O) groups excluding carboxylic acids is 2. The van der Waals surface area contributed by atoms with Crippen molar-refractivity contribution in [3.05, 3.63) is 35.9 Å². The molecule has 0 heterocycles. The number of phenolic OH excluding ortho intramolecular Hbond substituents is 2. The highest BCUT2D eigenvalue weighted by Crippen LogP contribution is 2.25. The third kappa shape index (κ3) is 12.4. The van der Waals surface area contributed by atoms with Crippen molar-refractivity contribution in [1.82, 2.24) is 5.32 Å². The molecule has 32 heavy (non-hydrogen) atoms. The van der Waals surface area contributed by atoms with Gasteiger partial charge in [-0.05, 0) is 50.3 Å². The normalized spacial score (nSPS) is 12.1. The number of esters is 1. The summed E-state index contributed by atoms with van der Waals surface area (Å²) >= 11 is 0. The number of ether oxygens (including phenoxy) is 1. The molecule has 1 aromatic carbocycles. The van der Waals surface area contributed by atoms with Gasteiger partial charge in [-0.1, -0.05) is 64.0 Å². The van der Waals surface area contributed by atoms with E-state index in [4.69, 9.17) is 0 Å². The molecule has 1 amide bonds. The predicted molar refractivity (Wildman–Crippen MR) is 128 cm³/mol. The number of methoxy groups -OCH3 is 1. The Bertz CT molecular complexity index is 701. The average Bonchev–Trinajstić information content (AvgIpc) is 2.79. The molecule has 1 unspecified atom stereocenters. The maximum absolute atomic E-state index is 12.6. The summed E-state index contributed by atoms with van der Waals surface area (Å²) in [4.78, 5) is 23.6. The van der Waals surface area contributed by atoms with Crippen LogP contribution < -0.4 is 5.32 Å². The first kappa shape index (κ1) is 27.5. The summed E-state index contributed by atoms with van der Waals surface area (Å²) in [5, 5.41) is 22.2. The van der Waals surface area contributed by atoms with Crippen LogP contribution in [0.3, 0.4) is 0 Å². The van der Waals surface area contributed by atoms with Crippen molar-refractivity contribution in [2.24, 2.45) is 0 Å². The molecule has 6 nitrogen and oxygen atoms in total. The Kier molecular flexibility index (Phi) is 14.7. The van der Waals surface area contributed by atoms with Crippen molar-refractivity contribution in [2.75, 3.05) is 7.11 Å². The number of aromatic hydroxyl groups is 2. The van der Waals surface area contributed by atoms with Gasteiger partial charge in [-0.2, -0.15) is 0 Å². The quantitative estimate of drug-likeness (QED) is 0.117. The van der Waals surface area contributed by atoms with Crippen LogP contribution in [0.2, 0.25) is 0 Å². The number of amides is 1. The fraction of sp³-hybridized carbons (Fsp3) is 0.615. The number of hydrogen-bond acceptors (Lipinski definition) is 5.